The number of allylic oxidation sites excluding steroid dienone is 2. The highest BCUT2D eigenvalue weighted by atomic mass is 16.5. The lowest BCUT2D eigenvalue weighted by atomic mass is 9.62. The molecule has 2 bridgehead atoms. The first kappa shape index (κ1) is 13.4. The molecule has 3 aliphatic carbocycles. The molecule has 3 aliphatic rings. The first-order chi connectivity index (χ1) is 11.2. The fourth-order valence-corrected chi connectivity index (χ4v) is 5.21. The van der Waals surface area contributed by atoms with Gasteiger partial charge in [-0.3, -0.25) is 4.79 Å². The Morgan fingerprint density at radius 3 is 2.78 bits per heavy atom. The van der Waals surface area contributed by atoms with Crippen LogP contribution in [-0.4, -0.2) is 12.9 Å². The molecule has 0 amide bonds. The van der Waals surface area contributed by atoms with Crippen molar-refractivity contribution in [3.05, 3.63) is 53.1 Å². The van der Waals surface area contributed by atoms with Gasteiger partial charge in [0.25, 0.3) is 0 Å². The van der Waals surface area contributed by atoms with Gasteiger partial charge in [0.15, 0.2) is 0 Å². The zero-order valence-corrected chi connectivity index (χ0v) is 13.4. The summed E-state index contributed by atoms with van der Waals surface area (Å²) in [7, 11) is 1.71. The van der Waals surface area contributed by atoms with Crippen molar-refractivity contribution < 1.29 is 9.53 Å². The molecule has 1 fully saturated rings. The number of benzene rings is 2. The molecule has 2 nitrogen and oxygen atoms in total. The van der Waals surface area contributed by atoms with E-state index in [1.165, 1.54) is 28.3 Å². The third kappa shape index (κ3) is 1.78. The molecular weight excluding hydrogens is 284 g/mol. The Morgan fingerprint density at radius 1 is 1.13 bits per heavy atom. The monoisotopic (exact) mass is 304 g/mol. The van der Waals surface area contributed by atoms with Crippen LogP contribution in [0.2, 0.25) is 0 Å². The lowest BCUT2D eigenvalue weighted by Crippen LogP contribution is -2.39. The minimum Gasteiger partial charge on any atom is -0.497 e. The van der Waals surface area contributed by atoms with Gasteiger partial charge in [0, 0.05) is 18.3 Å². The summed E-state index contributed by atoms with van der Waals surface area (Å²) >= 11 is 0. The molecule has 2 aromatic carbocycles. The van der Waals surface area contributed by atoms with E-state index in [1.54, 1.807) is 12.7 Å². The minimum atomic E-state index is 0.0754. The van der Waals surface area contributed by atoms with Gasteiger partial charge in [0.05, 0.1) is 7.11 Å². The van der Waals surface area contributed by atoms with Gasteiger partial charge in [-0.2, -0.15) is 0 Å². The number of hydrogen-bond acceptors (Lipinski definition) is 2. The Labute approximate surface area is 136 Å². The fourth-order valence-electron chi connectivity index (χ4n) is 5.21. The third-order valence-corrected chi connectivity index (χ3v) is 6.23. The molecule has 0 N–H and O–H groups in total. The summed E-state index contributed by atoms with van der Waals surface area (Å²) in [6.45, 7) is 0. The van der Waals surface area contributed by atoms with Crippen molar-refractivity contribution in [3.63, 3.8) is 0 Å². The summed E-state index contributed by atoms with van der Waals surface area (Å²) in [4.78, 5) is 12.5. The largest absolute Gasteiger partial charge is 0.497 e. The molecule has 2 aromatic rings. The van der Waals surface area contributed by atoms with Crippen LogP contribution < -0.4 is 4.74 Å². The van der Waals surface area contributed by atoms with Crippen LogP contribution in [0, 0.1) is 5.92 Å². The zero-order chi connectivity index (χ0) is 15.6. The van der Waals surface area contributed by atoms with Crippen LogP contribution in [0.3, 0.4) is 0 Å². The van der Waals surface area contributed by atoms with Crippen LogP contribution >= 0.6 is 0 Å². The van der Waals surface area contributed by atoms with Gasteiger partial charge >= 0.3 is 0 Å². The van der Waals surface area contributed by atoms with E-state index in [-0.39, 0.29) is 5.41 Å². The fraction of sp³-hybridized carbons (Fsp3) is 0.381. The second kappa shape index (κ2) is 4.47. The van der Waals surface area contributed by atoms with Crippen LogP contribution in [-0.2, 0) is 16.6 Å². The van der Waals surface area contributed by atoms with Gasteiger partial charge in [-0.05, 0) is 59.2 Å². The van der Waals surface area contributed by atoms with Crippen molar-refractivity contribution in [2.24, 2.45) is 5.92 Å². The maximum atomic E-state index is 12.5. The van der Waals surface area contributed by atoms with Gasteiger partial charge in [-0.25, -0.2) is 0 Å². The quantitative estimate of drug-likeness (QED) is 0.733. The van der Waals surface area contributed by atoms with Crippen molar-refractivity contribution in [3.8, 4) is 5.75 Å². The molecule has 23 heavy (non-hydrogen) atoms. The number of ether oxygens (including phenoxy) is 1. The standard InChI is InChI=1S/C21H20O2/c1-23-19-5-3-14-7-16-8-18(22)12-21(20(16)10-15(14)9-19)11-13-2-4-17(21)6-13/h2-3,5,7,9-10,17H,4,6,8,11-12H2,1H3. The number of fused-ring (bicyclic) bond motifs is 6. The van der Waals surface area contributed by atoms with Crippen LogP contribution in [0.4, 0.5) is 0 Å². The molecule has 116 valence electrons. The summed E-state index contributed by atoms with van der Waals surface area (Å²) in [6, 6.07) is 10.8. The van der Waals surface area contributed by atoms with Crippen LogP contribution in [0.1, 0.15) is 36.8 Å². The molecule has 1 saturated carbocycles. The van der Waals surface area contributed by atoms with E-state index in [9.17, 15) is 4.79 Å². The summed E-state index contributed by atoms with van der Waals surface area (Å²) in [5.41, 5.74) is 4.34. The molecule has 0 aromatic heterocycles. The van der Waals surface area contributed by atoms with E-state index >= 15 is 0 Å². The molecule has 0 heterocycles. The van der Waals surface area contributed by atoms with Crippen LogP contribution in [0.5, 0.6) is 5.75 Å². The van der Waals surface area contributed by atoms with Crippen molar-refractivity contribution in [2.75, 3.05) is 7.11 Å². The normalized spacial score (nSPS) is 28.3. The molecule has 0 aliphatic heterocycles. The number of methoxy groups -OCH3 is 1. The van der Waals surface area contributed by atoms with E-state index in [1.807, 2.05) is 6.07 Å². The Balaban J connectivity index is 1.75. The molecular formula is C21H20O2. The third-order valence-electron chi connectivity index (χ3n) is 6.23. The van der Waals surface area contributed by atoms with E-state index in [0.29, 0.717) is 18.1 Å². The van der Waals surface area contributed by atoms with Gasteiger partial charge < -0.3 is 4.74 Å². The average molecular weight is 304 g/mol. The van der Waals surface area contributed by atoms with Gasteiger partial charge in [0.1, 0.15) is 11.5 Å². The number of ketones is 1. The number of hydrogen-bond donors (Lipinski definition) is 0. The van der Waals surface area contributed by atoms with E-state index in [0.717, 1.165) is 25.0 Å². The maximum Gasteiger partial charge on any atom is 0.138 e. The first-order valence-electron chi connectivity index (χ1n) is 8.49. The predicted molar refractivity (Wildman–Crippen MR) is 90.9 cm³/mol. The topological polar surface area (TPSA) is 26.3 Å². The number of Topliss-reactive ketones (excluding diaryl/α,β-unsaturated/α-hetero) is 1. The summed E-state index contributed by atoms with van der Waals surface area (Å²) in [5, 5.41) is 2.44. The summed E-state index contributed by atoms with van der Waals surface area (Å²) in [5.74, 6) is 1.94. The number of rotatable bonds is 1. The number of carbonyl (C=O) groups is 1. The highest BCUT2D eigenvalue weighted by molar-refractivity contribution is 5.91. The van der Waals surface area contributed by atoms with Crippen molar-refractivity contribution in [2.45, 2.75) is 37.5 Å². The molecule has 0 radical (unpaired) electrons. The van der Waals surface area contributed by atoms with E-state index < -0.39 is 0 Å². The Kier molecular flexibility index (Phi) is 2.60. The average Bonchev–Trinajstić information content (AvgIpc) is 3.14. The van der Waals surface area contributed by atoms with Gasteiger partial charge in [-0.1, -0.05) is 29.8 Å². The molecule has 1 spiro atoms. The van der Waals surface area contributed by atoms with Crippen molar-refractivity contribution in [1.82, 2.24) is 0 Å². The minimum absolute atomic E-state index is 0.0754. The second-order valence-corrected chi connectivity index (χ2v) is 7.45. The Hall–Kier alpha value is -2.09. The lowest BCUT2D eigenvalue weighted by molar-refractivity contribution is -0.120. The second-order valence-electron chi connectivity index (χ2n) is 7.45. The SMILES string of the molecule is COc1ccc2cc3c(cc2c1)C1(CC(=O)C3)CC2=CCC1C2. The summed E-state index contributed by atoms with van der Waals surface area (Å²) in [6.07, 6.45) is 7.17. The van der Waals surface area contributed by atoms with Crippen molar-refractivity contribution in [1.29, 1.82) is 0 Å². The lowest BCUT2D eigenvalue weighted by Gasteiger charge is -2.41. The molecule has 2 unspecified atom stereocenters. The highest BCUT2D eigenvalue weighted by Gasteiger charge is 2.51. The van der Waals surface area contributed by atoms with Gasteiger partial charge in [0.2, 0.25) is 0 Å². The van der Waals surface area contributed by atoms with Crippen molar-refractivity contribution >= 4 is 16.6 Å². The Bertz CT molecular complexity index is 877. The highest BCUT2D eigenvalue weighted by Crippen LogP contribution is 2.58. The summed E-state index contributed by atoms with van der Waals surface area (Å²) < 4.78 is 5.39. The predicted octanol–water partition coefficient (Wildman–Crippen LogP) is 4.34. The molecule has 0 saturated heterocycles. The zero-order valence-electron chi connectivity index (χ0n) is 13.4. The molecule has 2 atom stereocenters. The Morgan fingerprint density at radius 2 is 2.04 bits per heavy atom. The smallest absolute Gasteiger partial charge is 0.138 e. The van der Waals surface area contributed by atoms with Gasteiger partial charge in [-0.15, -0.1) is 0 Å². The van der Waals surface area contributed by atoms with Crippen LogP contribution in [0.15, 0.2) is 42.0 Å². The van der Waals surface area contributed by atoms with E-state index in [2.05, 4.69) is 30.3 Å². The van der Waals surface area contributed by atoms with Crippen LogP contribution in [0.25, 0.3) is 10.8 Å². The maximum absolute atomic E-state index is 12.5. The molecule has 2 heteroatoms. The molecule has 5 rings (SSSR count). The first-order valence-corrected chi connectivity index (χ1v) is 8.49. The number of carbonyl (C=O) groups excluding carboxylic acids is 1. The van der Waals surface area contributed by atoms with E-state index in [4.69, 9.17) is 4.74 Å².